The van der Waals surface area contributed by atoms with Gasteiger partial charge in [-0.25, -0.2) is 15.0 Å². The lowest BCUT2D eigenvalue weighted by Gasteiger charge is -2.12. The Morgan fingerprint density at radius 3 is 1.87 bits per heavy atom. The summed E-state index contributed by atoms with van der Waals surface area (Å²) in [5.74, 6) is 1.95. The van der Waals surface area contributed by atoms with Crippen LogP contribution in [0.1, 0.15) is 0 Å². The largest absolute Gasteiger partial charge is 0.309 e. The predicted octanol–water partition coefficient (Wildman–Crippen LogP) is 12.6. The highest BCUT2D eigenvalue weighted by atomic mass is 32.1. The number of para-hydroxylation sites is 1. The summed E-state index contributed by atoms with van der Waals surface area (Å²) in [6.45, 7) is 0. The Morgan fingerprint density at radius 1 is 0.385 bits per heavy atom. The molecule has 0 saturated carbocycles. The molecule has 0 fully saturated rings. The molecule has 8 aromatic carbocycles. The summed E-state index contributed by atoms with van der Waals surface area (Å²) < 4.78 is 4.79. The Morgan fingerprint density at radius 2 is 1.02 bits per heavy atom. The van der Waals surface area contributed by atoms with Gasteiger partial charge in [-0.1, -0.05) is 121 Å². The molecule has 3 aromatic heterocycles. The number of benzene rings is 8. The quantitative estimate of drug-likeness (QED) is 0.186. The minimum absolute atomic E-state index is 0.638. The highest BCUT2D eigenvalue weighted by molar-refractivity contribution is 7.26. The summed E-state index contributed by atoms with van der Waals surface area (Å²) in [5.41, 5.74) is 6.28. The Bertz CT molecular complexity index is 3210. The van der Waals surface area contributed by atoms with E-state index >= 15 is 0 Å². The highest BCUT2D eigenvalue weighted by Crippen LogP contribution is 2.40. The highest BCUT2D eigenvalue weighted by Gasteiger charge is 2.18. The maximum Gasteiger partial charge on any atom is 0.165 e. The van der Waals surface area contributed by atoms with E-state index in [4.69, 9.17) is 15.0 Å². The van der Waals surface area contributed by atoms with Crippen molar-refractivity contribution in [3.63, 3.8) is 0 Å². The summed E-state index contributed by atoms with van der Waals surface area (Å²) >= 11 is 1.79. The first-order valence-corrected chi connectivity index (χ1v) is 18.3. The number of fused-ring (bicyclic) bond motifs is 8. The summed E-state index contributed by atoms with van der Waals surface area (Å²) in [6.07, 6.45) is 0. The minimum atomic E-state index is 0.638. The molecule has 0 bridgehead atoms. The average molecular weight is 681 g/mol. The van der Waals surface area contributed by atoms with Crippen LogP contribution >= 0.6 is 11.3 Å². The molecule has 3 heterocycles. The van der Waals surface area contributed by atoms with Crippen LogP contribution in [0.25, 0.3) is 103 Å². The zero-order chi connectivity index (χ0) is 34.2. The third-order valence-electron chi connectivity index (χ3n) is 10.2. The second kappa shape index (κ2) is 11.4. The third kappa shape index (κ3) is 4.57. The molecule has 0 aliphatic rings. The Kier molecular flexibility index (Phi) is 6.39. The SMILES string of the molecule is c1cc(-c2nc(-c3ccc4ccccc4c3)nc(-c3cccc4c3sc3ccccc34)n2)cc(-n2c3ccccc3c3cc4ccccc4cc32)c1. The standard InChI is InChI=1S/C47H28N4S/c1-2-12-30-25-34(24-23-29(30)11-1)46-48-45(49-47(50-46)39-20-10-19-38-37-18-6-8-22-43(37)52-44(38)39)33-15-9-16-35(26-33)51-41-21-7-5-17-36(41)40-27-31-13-3-4-14-32(31)28-42(40)51/h1-28H. The molecule has 0 N–H and O–H groups in total. The van der Waals surface area contributed by atoms with Crippen molar-refractivity contribution >= 4 is 74.9 Å². The van der Waals surface area contributed by atoms with E-state index in [0.717, 1.165) is 33.3 Å². The van der Waals surface area contributed by atoms with Gasteiger partial charge >= 0.3 is 0 Å². The topological polar surface area (TPSA) is 43.6 Å². The number of thiophene rings is 1. The van der Waals surface area contributed by atoms with E-state index in [0.29, 0.717) is 17.5 Å². The van der Waals surface area contributed by atoms with E-state index in [1.54, 1.807) is 11.3 Å². The number of rotatable bonds is 4. The molecule has 11 aromatic rings. The van der Waals surface area contributed by atoms with Crippen LogP contribution in [0.5, 0.6) is 0 Å². The predicted molar refractivity (Wildman–Crippen MR) is 218 cm³/mol. The van der Waals surface area contributed by atoms with Crippen LogP contribution in [0.2, 0.25) is 0 Å². The number of hydrogen-bond acceptors (Lipinski definition) is 4. The normalized spacial score (nSPS) is 11.8. The summed E-state index contributed by atoms with van der Waals surface area (Å²) in [4.78, 5) is 15.6. The molecule has 52 heavy (non-hydrogen) atoms. The molecule has 0 saturated heterocycles. The third-order valence-corrected chi connectivity index (χ3v) is 11.4. The fraction of sp³-hybridized carbons (Fsp3) is 0. The summed E-state index contributed by atoms with van der Waals surface area (Å²) in [6, 6.07) is 60.4. The van der Waals surface area contributed by atoms with Crippen LogP contribution in [0, 0.1) is 0 Å². The molecule has 0 spiro atoms. The van der Waals surface area contributed by atoms with Crippen LogP contribution in [0.3, 0.4) is 0 Å². The fourth-order valence-corrected chi connectivity index (χ4v) is 8.94. The summed E-state index contributed by atoms with van der Waals surface area (Å²) in [5, 5.41) is 9.71. The van der Waals surface area contributed by atoms with E-state index in [9.17, 15) is 0 Å². The second-order valence-corrected chi connectivity index (χ2v) is 14.3. The molecule has 0 aliphatic heterocycles. The monoisotopic (exact) mass is 680 g/mol. The van der Waals surface area contributed by atoms with Crippen molar-refractivity contribution in [1.82, 2.24) is 19.5 Å². The van der Waals surface area contributed by atoms with Gasteiger partial charge in [-0.15, -0.1) is 11.3 Å². The number of nitrogens with zero attached hydrogens (tertiary/aromatic N) is 4. The smallest absolute Gasteiger partial charge is 0.165 e. The van der Waals surface area contributed by atoms with Crippen molar-refractivity contribution in [3.8, 4) is 39.9 Å². The Labute approximate surface area is 302 Å². The number of hydrogen-bond donors (Lipinski definition) is 0. The van der Waals surface area contributed by atoms with Crippen molar-refractivity contribution in [1.29, 1.82) is 0 Å². The van der Waals surface area contributed by atoms with Gasteiger partial charge in [-0.3, -0.25) is 0 Å². The van der Waals surface area contributed by atoms with Gasteiger partial charge in [0, 0.05) is 53.3 Å². The first kappa shape index (κ1) is 29.1. The molecule has 0 amide bonds. The molecular formula is C47H28N4S. The molecule has 4 nitrogen and oxygen atoms in total. The minimum Gasteiger partial charge on any atom is -0.309 e. The molecular weight excluding hydrogens is 653 g/mol. The lowest BCUT2D eigenvalue weighted by molar-refractivity contribution is 1.07. The molecule has 11 rings (SSSR count). The van der Waals surface area contributed by atoms with Gasteiger partial charge in [0.15, 0.2) is 17.5 Å². The van der Waals surface area contributed by atoms with Crippen molar-refractivity contribution < 1.29 is 0 Å². The van der Waals surface area contributed by atoms with Gasteiger partial charge in [0.1, 0.15) is 0 Å². The first-order valence-electron chi connectivity index (χ1n) is 17.4. The average Bonchev–Trinajstić information content (AvgIpc) is 3.75. The van der Waals surface area contributed by atoms with E-state index in [1.807, 2.05) is 0 Å². The van der Waals surface area contributed by atoms with Crippen LogP contribution in [0.15, 0.2) is 170 Å². The van der Waals surface area contributed by atoms with E-state index in [-0.39, 0.29) is 0 Å². The van der Waals surface area contributed by atoms with Crippen molar-refractivity contribution in [2.45, 2.75) is 0 Å². The molecule has 5 heteroatoms. The first-order chi connectivity index (χ1) is 25.7. The van der Waals surface area contributed by atoms with Crippen molar-refractivity contribution in [3.05, 3.63) is 170 Å². The second-order valence-electron chi connectivity index (χ2n) is 13.3. The lowest BCUT2D eigenvalue weighted by Crippen LogP contribution is -2.01. The van der Waals surface area contributed by atoms with Crippen molar-refractivity contribution in [2.75, 3.05) is 0 Å². The Hall–Kier alpha value is -6.69. The van der Waals surface area contributed by atoms with Gasteiger partial charge < -0.3 is 4.57 Å². The van der Waals surface area contributed by atoms with Crippen LogP contribution in [-0.4, -0.2) is 19.5 Å². The molecule has 242 valence electrons. The Balaban J connectivity index is 1.14. The molecule has 0 aliphatic carbocycles. The van der Waals surface area contributed by atoms with Crippen LogP contribution in [-0.2, 0) is 0 Å². The van der Waals surface area contributed by atoms with Crippen LogP contribution < -0.4 is 0 Å². The van der Waals surface area contributed by atoms with Gasteiger partial charge in [-0.2, -0.15) is 0 Å². The van der Waals surface area contributed by atoms with Gasteiger partial charge in [0.05, 0.1) is 11.0 Å². The zero-order valence-electron chi connectivity index (χ0n) is 27.9. The molecule has 0 radical (unpaired) electrons. The van der Waals surface area contributed by atoms with E-state index < -0.39 is 0 Å². The number of aromatic nitrogens is 4. The van der Waals surface area contributed by atoms with Crippen LogP contribution in [0.4, 0.5) is 0 Å². The molecule has 0 atom stereocenters. The van der Waals surface area contributed by atoms with E-state index in [1.165, 1.54) is 52.6 Å². The van der Waals surface area contributed by atoms with Gasteiger partial charge in [-0.05, 0) is 70.1 Å². The maximum atomic E-state index is 5.25. The van der Waals surface area contributed by atoms with Gasteiger partial charge in [0.25, 0.3) is 0 Å². The zero-order valence-corrected chi connectivity index (χ0v) is 28.7. The summed E-state index contributed by atoms with van der Waals surface area (Å²) in [7, 11) is 0. The van der Waals surface area contributed by atoms with E-state index in [2.05, 4.69) is 174 Å². The maximum absolute atomic E-state index is 5.25. The lowest BCUT2D eigenvalue weighted by atomic mass is 10.1. The fourth-order valence-electron chi connectivity index (χ4n) is 7.72. The molecule has 0 unspecified atom stereocenters. The van der Waals surface area contributed by atoms with Gasteiger partial charge in [0.2, 0.25) is 0 Å². The van der Waals surface area contributed by atoms with Crippen molar-refractivity contribution in [2.24, 2.45) is 0 Å².